The third-order valence-corrected chi connectivity index (χ3v) is 2.68. The number of hydrogen-bond donors (Lipinski definition) is 1. The van der Waals surface area contributed by atoms with E-state index in [4.69, 9.17) is 0 Å². The van der Waals surface area contributed by atoms with E-state index in [-0.39, 0.29) is 5.92 Å². The fourth-order valence-electron chi connectivity index (χ4n) is 1.83. The Balaban J connectivity index is 2.50. The minimum absolute atomic E-state index is 0.252. The minimum atomic E-state index is 0.252. The monoisotopic (exact) mass is 188 g/mol. The van der Waals surface area contributed by atoms with Crippen LogP contribution in [0.1, 0.15) is 18.1 Å². The molecular formula is C12H12O2. The summed E-state index contributed by atoms with van der Waals surface area (Å²) in [5, 5.41) is 9.31. The summed E-state index contributed by atoms with van der Waals surface area (Å²) in [4.78, 5) is 10.7. The molecule has 0 bridgehead atoms. The number of rotatable bonds is 1. The van der Waals surface area contributed by atoms with E-state index in [1.54, 1.807) is 12.1 Å². The topological polar surface area (TPSA) is 37.3 Å². The van der Waals surface area contributed by atoms with Gasteiger partial charge in [0, 0.05) is 0 Å². The molecule has 0 heterocycles. The second kappa shape index (κ2) is 3.29. The number of allylic oxidation sites excluding steroid dienone is 1. The number of phenolic OH excluding ortho intramolecular Hbond substituents is 1. The first-order valence-electron chi connectivity index (χ1n) is 4.69. The third kappa shape index (κ3) is 1.43. The summed E-state index contributed by atoms with van der Waals surface area (Å²) in [7, 11) is 0. The van der Waals surface area contributed by atoms with Crippen molar-refractivity contribution in [3.63, 3.8) is 0 Å². The molecule has 2 rings (SSSR count). The molecule has 0 spiro atoms. The molecule has 1 aromatic carbocycles. The largest absolute Gasteiger partial charge is 0.508 e. The van der Waals surface area contributed by atoms with Gasteiger partial charge >= 0.3 is 0 Å². The molecule has 0 saturated carbocycles. The van der Waals surface area contributed by atoms with E-state index in [1.165, 1.54) is 0 Å². The van der Waals surface area contributed by atoms with Gasteiger partial charge in [-0.15, -0.1) is 0 Å². The zero-order chi connectivity index (χ0) is 10.1. The molecule has 2 nitrogen and oxygen atoms in total. The number of carbonyl (C=O) groups is 1. The molecule has 2 heteroatoms. The summed E-state index contributed by atoms with van der Waals surface area (Å²) >= 11 is 0. The number of aldehydes is 1. The molecule has 1 aliphatic carbocycles. The lowest BCUT2D eigenvalue weighted by Gasteiger charge is -2.19. The summed E-state index contributed by atoms with van der Waals surface area (Å²) in [6.07, 6.45) is 3.64. The molecule has 1 N–H and O–H groups in total. The Morgan fingerprint density at radius 1 is 1.50 bits per heavy atom. The third-order valence-electron chi connectivity index (χ3n) is 2.68. The van der Waals surface area contributed by atoms with Crippen molar-refractivity contribution in [2.24, 2.45) is 5.92 Å². The molecule has 1 aliphatic rings. The van der Waals surface area contributed by atoms with Crippen molar-refractivity contribution < 1.29 is 9.90 Å². The van der Waals surface area contributed by atoms with Crippen LogP contribution in [0.2, 0.25) is 0 Å². The van der Waals surface area contributed by atoms with Gasteiger partial charge in [0.05, 0.1) is 0 Å². The zero-order valence-corrected chi connectivity index (χ0v) is 8.03. The lowest BCUT2D eigenvalue weighted by atomic mass is 9.85. The summed E-state index contributed by atoms with van der Waals surface area (Å²) in [5.41, 5.74) is 2.99. The molecule has 0 aromatic heterocycles. The Bertz CT molecular complexity index is 405. The van der Waals surface area contributed by atoms with Crippen molar-refractivity contribution in [2.75, 3.05) is 0 Å². The van der Waals surface area contributed by atoms with E-state index < -0.39 is 0 Å². The SMILES string of the molecule is CC1Cc2cc(O)ccc2C=C1C=O. The van der Waals surface area contributed by atoms with E-state index in [0.29, 0.717) is 5.75 Å². The van der Waals surface area contributed by atoms with Crippen LogP contribution in [-0.4, -0.2) is 11.4 Å². The van der Waals surface area contributed by atoms with Gasteiger partial charge in [0.25, 0.3) is 0 Å². The van der Waals surface area contributed by atoms with Gasteiger partial charge in [0.1, 0.15) is 12.0 Å². The second-order valence-electron chi connectivity index (χ2n) is 3.75. The fraction of sp³-hybridized carbons (Fsp3) is 0.250. The van der Waals surface area contributed by atoms with Crippen molar-refractivity contribution in [3.05, 3.63) is 34.9 Å². The molecular weight excluding hydrogens is 176 g/mol. The Hall–Kier alpha value is -1.57. The summed E-state index contributed by atoms with van der Waals surface area (Å²) in [6.45, 7) is 2.02. The normalized spacial score (nSPS) is 19.8. The average molecular weight is 188 g/mol. The lowest BCUT2D eigenvalue weighted by molar-refractivity contribution is -0.105. The van der Waals surface area contributed by atoms with Gasteiger partial charge in [0.15, 0.2) is 0 Å². The molecule has 1 atom stereocenters. The van der Waals surface area contributed by atoms with Crippen LogP contribution in [0.5, 0.6) is 5.75 Å². The smallest absolute Gasteiger partial charge is 0.146 e. The van der Waals surface area contributed by atoms with Gasteiger partial charge in [-0.05, 0) is 47.2 Å². The highest BCUT2D eigenvalue weighted by Crippen LogP contribution is 2.29. The van der Waals surface area contributed by atoms with Crippen molar-refractivity contribution in [2.45, 2.75) is 13.3 Å². The molecule has 0 aliphatic heterocycles. The molecule has 0 fully saturated rings. The summed E-state index contributed by atoms with van der Waals surface area (Å²) in [5.74, 6) is 0.542. The van der Waals surface area contributed by atoms with E-state index >= 15 is 0 Å². The van der Waals surface area contributed by atoms with Crippen LogP contribution in [0.25, 0.3) is 6.08 Å². The maximum Gasteiger partial charge on any atom is 0.146 e. The highest BCUT2D eigenvalue weighted by Gasteiger charge is 2.17. The van der Waals surface area contributed by atoms with Crippen molar-refractivity contribution in [3.8, 4) is 5.75 Å². The lowest BCUT2D eigenvalue weighted by Crippen LogP contribution is -2.10. The maximum absolute atomic E-state index is 10.7. The zero-order valence-electron chi connectivity index (χ0n) is 8.03. The van der Waals surface area contributed by atoms with Crippen LogP contribution in [0, 0.1) is 5.92 Å². The van der Waals surface area contributed by atoms with Crippen LogP contribution in [0.15, 0.2) is 23.8 Å². The van der Waals surface area contributed by atoms with Gasteiger partial charge in [-0.1, -0.05) is 13.0 Å². The molecule has 0 amide bonds. The van der Waals surface area contributed by atoms with E-state index in [1.807, 2.05) is 19.1 Å². The molecule has 14 heavy (non-hydrogen) atoms. The van der Waals surface area contributed by atoms with Gasteiger partial charge in [-0.2, -0.15) is 0 Å². The minimum Gasteiger partial charge on any atom is -0.508 e. The predicted octanol–water partition coefficient (Wildman–Crippen LogP) is 2.17. The highest BCUT2D eigenvalue weighted by molar-refractivity contribution is 5.84. The second-order valence-corrected chi connectivity index (χ2v) is 3.75. The highest BCUT2D eigenvalue weighted by atomic mass is 16.3. The van der Waals surface area contributed by atoms with Crippen LogP contribution < -0.4 is 0 Å². The predicted molar refractivity (Wildman–Crippen MR) is 55.0 cm³/mol. The van der Waals surface area contributed by atoms with E-state index in [9.17, 15) is 9.90 Å². The number of aromatic hydroxyl groups is 1. The Kier molecular flexibility index (Phi) is 2.12. The van der Waals surface area contributed by atoms with Crippen molar-refractivity contribution in [1.29, 1.82) is 0 Å². The van der Waals surface area contributed by atoms with Gasteiger partial charge in [-0.3, -0.25) is 4.79 Å². The Morgan fingerprint density at radius 2 is 2.29 bits per heavy atom. The number of phenols is 1. The van der Waals surface area contributed by atoms with E-state index in [2.05, 4.69) is 0 Å². The van der Waals surface area contributed by atoms with Crippen LogP contribution in [-0.2, 0) is 11.2 Å². The summed E-state index contributed by atoms with van der Waals surface area (Å²) < 4.78 is 0. The first kappa shape index (κ1) is 9.00. The first-order valence-corrected chi connectivity index (χ1v) is 4.69. The van der Waals surface area contributed by atoms with Crippen LogP contribution >= 0.6 is 0 Å². The standard InChI is InChI=1S/C12H12O2/c1-8-4-10-6-12(14)3-2-9(10)5-11(8)7-13/h2-3,5-8,14H,4H2,1H3. The quantitative estimate of drug-likeness (QED) is 0.686. The van der Waals surface area contributed by atoms with Crippen molar-refractivity contribution >= 4 is 12.4 Å². The molecule has 0 radical (unpaired) electrons. The van der Waals surface area contributed by atoms with E-state index in [0.717, 1.165) is 29.4 Å². The van der Waals surface area contributed by atoms with Gasteiger partial charge in [-0.25, -0.2) is 0 Å². The van der Waals surface area contributed by atoms with Gasteiger partial charge in [0.2, 0.25) is 0 Å². The molecule has 1 aromatic rings. The Morgan fingerprint density at radius 3 is 3.00 bits per heavy atom. The fourth-order valence-corrected chi connectivity index (χ4v) is 1.83. The van der Waals surface area contributed by atoms with Crippen LogP contribution in [0.3, 0.4) is 0 Å². The van der Waals surface area contributed by atoms with Gasteiger partial charge < -0.3 is 5.11 Å². The molecule has 72 valence electrons. The average Bonchev–Trinajstić information content (AvgIpc) is 2.16. The maximum atomic E-state index is 10.7. The number of carbonyl (C=O) groups excluding carboxylic acids is 1. The number of fused-ring (bicyclic) bond motifs is 1. The number of hydrogen-bond acceptors (Lipinski definition) is 2. The summed E-state index contributed by atoms with van der Waals surface area (Å²) in [6, 6.07) is 5.26. The first-order chi connectivity index (χ1) is 6.70. The van der Waals surface area contributed by atoms with Crippen molar-refractivity contribution in [1.82, 2.24) is 0 Å². The molecule has 1 unspecified atom stereocenters. The van der Waals surface area contributed by atoms with Crippen LogP contribution in [0.4, 0.5) is 0 Å². The Labute approximate surface area is 82.9 Å². The molecule has 0 saturated heterocycles. The number of benzene rings is 1.